The second-order valence-corrected chi connectivity index (χ2v) is 7.03. The van der Waals surface area contributed by atoms with Crippen molar-refractivity contribution >= 4 is 9.84 Å². The van der Waals surface area contributed by atoms with Crippen LogP contribution in [0.3, 0.4) is 0 Å². The second kappa shape index (κ2) is 5.22. The Morgan fingerprint density at radius 2 is 2.18 bits per heavy atom. The van der Waals surface area contributed by atoms with Gasteiger partial charge in [-0.25, -0.2) is 8.42 Å². The number of sulfone groups is 1. The van der Waals surface area contributed by atoms with E-state index in [9.17, 15) is 8.42 Å². The van der Waals surface area contributed by atoms with E-state index in [1.54, 1.807) is 7.11 Å². The lowest BCUT2D eigenvalue weighted by molar-refractivity contribution is -0.132. The van der Waals surface area contributed by atoms with Gasteiger partial charge in [-0.2, -0.15) is 0 Å². The van der Waals surface area contributed by atoms with Gasteiger partial charge in [0.2, 0.25) is 0 Å². The first-order valence-corrected chi connectivity index (χ1v) is 7.98. The van der Waals surface area contributed by atoms with Gasteiger partial charge in [0.25, 0.3) is 0 Å². The largest absolute Gasteiger partial charge is 0.377 e. The lowest BCUT2D eigenvalue weighted by Gasteiger charge is -2.44. The molecule has 0 bridgehead atoms. The topological polar surface area (TPSA) is 64.6 Å². The van der Waals surface area contributed by atoms with E-state index in [-0.39, 0.29) is 30.0 Å². The first kappa shape index (κ1) is 13.3. The molecule has 1 heterocycles. The fourth-order valence-corrected chi connectivity index (χ4v) is 4.35. The molecule has 1 saturated carbocycles. The van der Waals surface area contributed by atoms with Gasteiger partial charge in [0.15, 0.2) is 9.84 Å². The van der Waals surface area contributed by atoms with E-state index in [0.717, 1.165) is 6.42 Å². The van der Waals surface area contributed by atoms with E-state index >= 15 is 0 Å². The van der Waals surface area contributed by atoms with Crippen molar-refractivity contribution in [2.45, 2.75) is 44.1 Å². The monoisotopic (exact) mass is 263 g/mol. The summed E-state index contributed by atoms with van der Waals surface area (Å²) < 4.78 is 33.6. The molecule has 4 unspecified atom stereocenters. The number of hydrogen-bond donors (Lipinski definition) is 1. The highest BCUT2D eigenvalue weighted by atomic mass is 32.2. The van der Waals surface area contributed by atoms with Crippen molar-refractivity contribution < 1.29 is 17.9 Å². The number of rotatable bonds is 5. The van der Waals surface area contributed by atoms with Gasteiger partial charge in [-0.05, 0) is 19.8 Å². The Labute approximate surface area is 103 Å². The molecular formula is C11H21NO4S. The summed E-state index contributed by atoms with van der Waals surface area (Å²) in [6.45, 7) is 2.66. The van der Waals surface area contributed by atoms with Crippen LogP contribution < -0.4 is 5.32 Å². The molecule has 2 fully saturated rings. The van der Waals surface area contributed by atoms with Crippen LogP contribution in [-0.2, 0) is 19.3 Å². The summed E-state index contributed by atoms with van der Waals surface area (Å²) >= 11 is 0. The summed E-state index contributed by atoms with van der Waals surface area (Å²) in [4.78, 5) is 0. The van der Waals surface area contributed by atoms with Crippen molar-refractivity contribution in [3.8, 4) is 0 Å². The van der Waals surface area contributed by atoms with Crippen LogP contribution in [0.5, 0.6) is 0 Å². The lowest BCUT2D eigenvalue weighted by atomic mass is 9.84. The summed E-state index contributed by atoms with van der Waals surface area (Å²) in [6, 6.07) is 0.320. The van der Waals surface area contributed by atoms with Crippen molar-refractivity contribution in [1.82, 2.24) is 5.32 Å². The maximum Gasteiger partial charge on any atom is 0.151 e. The Hall–Kier alpha value is -0.170. The molecular weight excluding hydrogens is 242 g/mol. The summed E-state index contributed by atoms with van der Waals surface area (Å²) in [5, 5.41) is 3.38. The molecule has 0 radical (unpaired) electrons. The Balaban J connectivity index is 1.81. The van der Waals surface area contributed by atoms with Crippen molar-refractivity contribution in [3.63, 3.8) is 0 Å². The Morgan fingerprint density at radius 3 is 2.71 bits per heavy atom. The quantitative estimate of drug-likeness (QED) is 0.754. The van der Waals surface area contributed by atoms with E-state index in [2.05, 4.69) is 5.32 Å². The summed E-state index contributed by atoms with van der Waals surface area (Å²) in [6.07, 6.45) is 1.83. The van der Waals surface area contributed by atoms with E-state index in [1.165, 1.54) is 0 Å². The zero-order chi connectivity index (χ0) is 12.5. The highest BCUT2D eigenvalue weighted by Crippen LogP contribution is 2.28. The van der Waals surface area contributed by atoms with Crippen molar-refractivity contribution in [3.05, 3.63) is 0 Å². The highest BCUT2D eigenvalue weighted by molar-refractivity contribution is 7.91. The predicted molar refractivity (Wildman–Crippen MR) is 64.8 cm³/mol. The van der Waals surface area contributed by atoms with Gasteiger partial charge in [0.1, 0.15) is 0 Å². The maximum absolute atomic E-state index is 11.4. The summed E-state index contributed by atoms with van der Waals surface area (Å²) in [5.74, 6) is 0.573. The van der Waals surface area contributed by atoms with Crippen LogP contribution >= 0.6 is 0 Å². The molecule has 1 N–H and O–H groups in total. The Kier molecular flexibility index (Phi) is 4.07. The van der Waals surface area contributed by atoms with Crippen LogP contribution in [0.4, 0.5) is 0 Å². The van der Waals surface area contributed by atoms with Gasteiger partial charge >= 0.3 is 0 Å². The lowest BCUT2D eigenvalue weighted by Crippen LogP contribution is -2.61. The number of hydrogen-bond acceptors (Lipinski definition) is 5. The van der Waals surface area contributed by atoms with Crippen LogP contribution in [0.2, 0.25) is 0 Å². The molecule has 0 aromatic heterocycles. The molecule has 1 saturated heterocycles. The molecule has 0 amide bonds. The third-order valence-corrected chi connectivity index (χ3v) is 5.35. The molecule has 0 aromatic rings. The third-order valence-electron chi connectivity index (χ3n) is 3.58. The standard InChI is InChI=1S/C11H21NO4S/c1-3-16-10-6-9(11(10)15-2)12-8-4-5-17(13,14)7-8/h8-12H,3-7H2,1-2H3. The SMILES string of the molecule is CCOC1CC(NC2CCS(=O)(=O)C2)C1OC. The molecule has 17 heavy (non-hydrogen) atoms. The van der Waals surface area contributed by atoms with Gasteiger partial charge in [0.05, 0.1) is 23.7 Å². The summed E-state index contributed by atoms with van der Waals surface area (Å²) in [5.41, 5.74) is 0. The van der Waals surface area contributed by atoms with E-state index in [0.29, 0.717) is 18.8 Å². The van der Waals surface area contributed by atoms with Gasteiger partial charge in [0, 0.05) is 25.8 Å². The number of ether oxygens (including phenoxy) is 2. The molecule has 6 heteroatoms. The van der Waals surface area contributed by atoms with Crippen LogP contribution in [0.25, 0.3) is 0 Å². The van der Waals surface area contributed by atoms with Crippen molar-refractivity contribution in [2.75, 3.05) is 25.2 Å². The molecule has 1 aliphatic heterocycles. The molecule has 0 spiro atoms. The van der Waals surface area contributed by atoms with Gasteiger partial charge in [-0.3, -0.25) is 0 Å². The van der Waals surface area contributed by atoms with Crippen LogP contribution in [0.1, 0.15) is 19.8 Å². The zero-order valence-corrected chi connectivity index (χ0v) is 11.2. The third kappa shape index (κ3) is 2.99. The first-order valence-electron chi connectivity index (χ1n) is 6.16. The molecule has 2 aliphatic rings. The van der Waals surface area contributed by atoms with Gasteiger partial charge in [-0.1, -0.05) is 0 Å². The predicted octanol–water partition coefficient (Wildman–Crippen LogP) is -0.0445. The van der Waals surface area contributed by atoms with Gasteiger partial charge < -0.3 is 14.8 Å². The van der Waals surface area contributed by atoms with Crippen molar-refractivity contribution in [1.29, 1.82) is 0 Å². The molecule has 2 rings (SSSR count). The first-order chi connectivity index (χ1) is 8.05. The van der Waals surface area contributed by atoms with E-state index in [4.69, 9.17) is 9.47 Å². The zero-order valence-electron chi connectivity index (χ0n) is 10.4. The molecule has 1 aliphatic carbocycles. The maximum atomic E-state index is 11.4. The number of nitrogens with one attached hydrogen (secondary N) is 1. The average molecular weight is 263 g/mol. The molecule has 4 atom stereocenters. The van der Waals surface area contributed by atoms with E-state index < -0.39 is 9.84 Å². The summed E-state index contributed by atoms with van der Waals surface area (Å²) in [7, 11) is -1.13. The fourth-order valence-electron chi connectivity index (χ4n) is 2.67. The molecule has 0 aromatic carbocycles. The average Bonchev–Trinajstić information content (AvgIpc) is 2.57. The Bertz CT molecular complexity index is 356. The van der Waals surface area contributed by atoms with E-state index in [1.807, 2.05) is 6.92 Å². The van der Waals surface area contributed by atoms with Gasteiger partial charge in [-0.15, -0.1) is 0 Å². The normalized spacial score (nSPS) is 40.1. The van der Waals surface area contributed by atoms with Crippen LogP contribution in [0, 0.1) is 0 Å². The van der Waals surface area contributed by atoms with Crippen LogP contribution in [-0.4, -0.2) is 57.9 Å². The number of methoxy groups -OCH3 is 1. The Morgan fingerprint density at radius 1 is 1.41 bits per heavy atom. The minimum Gasteiger partial charge on any atom is -0.377 e. The van der Waals surface area contributed by atoms with Crippen LogP contribution in [0.15, 0.2) is 0 Å². The second-order valence-electron chi connectivity index (χ2n) is 4.80. The highest BCUT2D eigenvalue weighted by Gasteiger charge is 2.44. The minimum atomic E-state index is -2.81. The minimum absolute atomic E-state index is 0.0539. The van der Waals surface area contributed by atoms with Crippen molar-refractivity contribution in [2.24, 2.45) is 0 Å². The fraction of sp³-hybridized carbons (Fsp3) is 1.00. The smallest absolute Gasteiger partial charge is 0.151 e. The molecule has 5 nitrogen and oxygen atoms in total. The molecule has 100 valence electrons.